The molecular formula is C18H32N4O8S2. The minimum Gasteiger partial charge on any atom is -0.481 e. The van der Waals surface area contributed by atoms with E-state index in [9.17, 15) is 24.0 Å². The summed E-state index contributed by atoms with van der Waals surface area (Å²) in [5.41, 5.74) is 5.84. The summed E-state index contributed by atoms with van der Waals surface area (Å²) >= 11 is 2.95. The van der Waals surface area contributed by atoms with Crippen LogP contribution in [0, 0.1) is 0 Å². The van der Waals surface area contributed by atoms with Crippen molar-refractivity contribution < 1.29 is 39.3 Å². The quantitative estimate of drug-likeness (QED) is 0.120. The van der Waals surface area contributed by atoms with Crippen LogP contribution in [0.3, 0.4) is 0 Å². The van der Waals surface area contributed by atoms with Gasteiger partial charge in [0, 0.05) is 6.42 Å². The van der Waals surface area contributed by atoms with Gasteiger partial charge in [0.15, 0.2) is 0 Å². The molecule has 0 aliphatic heterocycles. The van der Waals surface area contributed by atoms with E-state index in [1.54, 1.807) is 0 Å². The fourth-order valence-electron chi connectivity index (χ4n) is 2.43. The number of hydrogen-bond donors (Lipinski definition) is 7. The molecule has 0 fully saturated rings. The third-order valence-electron chi connectivity index (χ3n) is 4.29. The van der Waals surface area contributed by atoms with Gasteiger partial charge in [-0.15, -0.1) is 0 Å². The Hall–Kier alpha value is -2.03. The molecule has 0 aliphatic rings. The second-order valence-electron chi connectivity index (χ2n) is 6.81. The zero-order valence-corrected chi connectivity index (χ0v) is 19.7. The van der Waals surface area contributed by atoms with Gasteiger partial charge in [0.2, 0.25) is 17.7 Å². The van der Waals surface area contributed by atoms with Gasteiger partial charge >= 0.3 is 11.9 Å². The molecule has 0 aromatic heterocycles. The standard InChI is InChI=1S/C18H32N4O8S2/c1-31-7-5-10(19)15(26)20-12(6-8-32-2)17(28)21-11(3-4-14(24)25)16(27)22-13(9-23)18(29)30/h10-13,23H,3-9,19H2,1-2H3,(H,20,26)(H,21,28)(H,22,27)(H,24,25)(H,29,30). The summed E-state index contributed by atoms with van der Waals surface area (Å²) in [4.78, 5) is 59.5. The number of carboxylic acid groups (broad SMARTS) is 2. The Kier molecular flexibility index (Phi) is 15.5. The number of carbonyl (C=O) groups excluding carboxylic acids is 3. The van der Waals surface area contributed by atoms with E-state index in [0.717, 1.165) is 0 Å². The first kappa shape index (κ1) is 30.0. The number of aliphatic carboxylic acids is 2. The van der Waals surface area contributed by atoms with Gasteiger partial charge in [-0.25, -0.2) is 4.79 Å². The van der Waals surface area contributed by atoms with Crippen LogP contribution in [-0.4, -0.2) is 99.8 Å². The number of nitrogens with two attached hydrogens (primary N) is 1. The second kappa shape index (κ2) is 16.6. The molecule has 0 aromatic carbocycles. The van der Waals surface area contributed by atoms with Crippen molar-refractivity contribution in [3.05, 3.63) is 0 Å². The molecule has 0 spiro atoms. The minimum atomic E-state index is -1.62. The molecule has 0 aromatic rings. The topological polar surface area (TPSA) is 208 Å². The van der Waals surface area contributed by atoms with Crippen molar-refractivity contribution in [1.82, 2.24) is 16.0 Å². The molecule has 0 saturated carbocycles. The molecule has 0 saturated heterocycles. The van der Waals surface area contributed by atoms with Crippen LogP contribution in [0.25, 0.3) is 0 Å². The number of nitrogens with one attached hydrogen (secondary N) is 3. The van der Waals surface area contributed by atoms with Gasteiger partial charge in [0.1, 0.15) is 18.1 Å². The van der Waals surface area contributed by atoms with Crippen LogP contribution in [0.15, 0.2) is 0 Å². The first-order chi connectivity index (χ1) is 15.1. The summed E-state index contributed by atoms with van der Waals surface area (Å²) < 4.78 is 0. The average Bonchev–Trinajstić information content (AvgIpc) is 2.74. The Labute approximate surface area is 194 Å². The van der Waals surface area contributed by atoms with Crippen molar-refractivity contribution >= 4 is 53.2 Å². The largest absolute Gasteiger partial charge is 0.481 e. The van der Waals surface area contributed by atoms with Crippen LogP contribution < -0.4 is 21.7 Å². The zero-order chi connectivity index (χ0) is 24.7. The summed E-state index contributed by atoms with van der Waals surface area (Å²) in [6.07, 6.45) is 3.52. The molecule has 3 amide bonds. The number of thioether (sulfide) groups is 2. The van der Waals surface area contributed by atoms with Crippen molar-refractivity contribution in [2.75, 3.05) is 30.6 Å². The number of rotatable bonds is 17. The van der Waals surface area contributed by atoms with Gasteiger partial charge in [-0.2, -0.15) is 23.5 Å². The van der Waals surface area contributed by atoms with E-state index < -0.39 is 66.9 Å². The first-order valence-electron chi connectivity index (χ1n) is 9.77. The van der Waals surface area contributed by atoms with Crippen LogP contribution in [-0.2, 0) is 24.0 Å². The average molecular weight is 497 g/mol. The molecule has 32 heavy (non-hydrogen) atoms. The lowest BCUT2D eigenvalue weighted by molar-refractivity contribution is -0.144. The maximum absolute atomic E-state index is 12.8. The molecular weight excluding hydrogens is 464 g/mol. The third kappa shape index (κ3) is 12.1. The lowest BCUT2D eigenvalue weighted by atomic mass is 10.1. The maximum atomic E-state index is 12.8. The number of carbonyl (C=O) groups is 5. The van der Waals surface area contributed by atoms with Crippen LogP contribution in [0.4, 0.5) is 0 Å². The Balaban J connectivity index is 5.38. The third-order valence-corrected chi connectivity index (χ3v) is 5.58. The summed E-state index contributed by atoms with van der Waals surface area (Å²) in [6, 6.07) is -4.85. The Bertz CT molecular complexity index is 652. The number of aliphatic hydroxyl groups excluding tert-OH is 1. The van der Waals surface area contributed by atoms with E-state index in [4.69, 9.17) is 21.1 Å². The summed E-state index contributed by atoms with van der Waals surface area (Å²) in [7, 11) is 0. The van der Waals surface area contributed by atoms with Gasteiger partial charge in [0.05, 0.1) is 12.6 Å². The fraction of sp³-hybridized carbons (Fsp3) is 0.722. The summed E-state index contributed by atoms with van der Waals surface area (Å²) in [6.45, 7) is -0.888. The van der Waals surface area contributed by atoms with Crippen molar-refractivity contribution in [2.24, 2.45) is 5.73 Å². The van der Waals surface area contributed by atoms with E-state index in [0.29, 0.717) is 17.9 Å². The number of aliphatic hydroxyl groups is 1. The van der Waals surface area contributed by atoms with E-state index in [2.05, 4.69) is 10.6 Å². The van der Waals surface area contributed by atoms with Gasteiger partial charge in [0.25, 0.3) is 0 Å². The minimum absolute atomic E-state index is 0.232. The van der Waals surface area contributed by atoms with E-state index in [-0.39, 0.29) is 12.8 Å². The molecule has 4 unspecified atom stereocenters. The van der Waals surface area contributed by atoms with E-state index >= 15 is 0 Å². The van der Waals surface area contributed by atoms with Crippen LogP contribution >= 0.6 is 23.5 Å². The molecule has 0 heterocycles. The van der Waals surface area contributed by atoms with Crippen LogP contribution in [0.5, 0.6) is 0 Å². The van der Waals surface area contributed by atoms with Gasteiger partial charge in [-0.1, -0.05) is 0 Å². The monoisotopic (exact) mass is 496 g/mol. The highest BCUT2D eigenvalue weighted by Crippen LogP contribution is 2.06. The number of hydrogen-bond acceptors (Lipinski definition) is 9. The highest BCUT2D eigenvalue weighted by atomic mass is 32.2. The number of amides is 3. The van der Waals surface area contributed by atoms with Gasteiger partial charge in [-0.05, 0) is 43.3 Å². The molecule has 0 radical (unpaired) electrons. The maximum Gasteiger partial charge on any atom is 0.328 e. The molecule has 8 N–H and O–H groups in total. The SMILES string of the molecule is CSCCC(N)C(=O)NC(CCSC)C(=O)NC(CCC(=O)O)C(=O)NC(CO)C(=O)O. The summed E-state index contributed by atoms with van der Waals surface area (Å²) in [5, 5.41) is 34.0. The molecule has 14 heteroatoms. The lowest BCUT2D eigenvalue weighted by Gasteiger charge is -2.24. The Morgan fingerprint density at radius 1 is 0.781 bits per heavy atom. The summed E-state index contributed by atoms with van der Waals surface area (Å²) in [5.74, 6) is -3.77. The predicted octanol–water partition coefficient (Wildman–Crippen LogP) is -1.78. The second-order valence-corrected chi connectivity index (χ2v) is 8.78. The molecule has 4 atom stereocenters. The van der Waals surface area contributed by atoms with Gasteiger partial charge in [-0.3, -0.25) is 19.2 Å². The molecule has 0 rings (SSSR count). The van der Waals surface area contributed by atoms with E-state index in [1.165, 1.54) is 23.5 Å². The highest BCUT2D eigenvalue weighted by molar-refractivity contribution is 7.98. The lowest BCUT2D eigenvalue weighted by Crippen LogP contribution is -2.57. The zero-order valence-electron chi connectivity index (χ0n) is 18.0. The number of carboxylic acids is 2. The van der Waals surface area contributed by atoms with E-state index in [1.807, 2.05) is 17.8 Å². The Morgan fingerprint density at radius 2 is 1.25 bits per heavy atom. The van der Waals surface area contributed by atoms with Crippen LogP contribution in [0.2, 0.25) is 0 Å². The molecule has 0 bridgehead atoms. The molecule has 12 nitrogen and oxygen atoms in total. The first-order valence-corrected chi connectivity index (χ1v) is 12.6. The van der Waals surface area contributed by atoms with Crippen molar-refractivity contribution in [3.8, 4) is 0 Å². The highest BCUT2D eigenvalue weighted by Gasteiger charge is 2.30. The van der Waals surface area contributed by atoms with Crippen molar-refractivity contribution in [2.45, 2.75) is 49.9 Å². The molecule has 184 valence electrons. The Morgan fingerprint density at radius 3 is 1.72 bits per heavy atom. The van der Waals surface area contributed by atoms with Crippen LogP contribution in [0.1, 0.15) is 25.7 Å². The smallest absolute Gasteiger partial charge is 0.328 e. The van der Waals surface area contributed by atoms with Crippen molar-refractivity contribution in [3.63, 3.8) is 0 Å². The molecule has 0 aliphatic carbocycles. The predicted molar refractivity (Wildman–Crippen MR) is 121 cm³/mol. The van der Waals surface area contributed by atoms with Gasteiger partial charge < -0.3 is 37.0 Å². The fourth-order valence-corrected chi connectivity index (χ4v) is 3.39. The normalized spacial score (nSPS) is 14.5. The van der Waals surface area contributed by atoms with Crippen molar-refractivity contribution in [1.29, 1.82) is 0 Å².